The van der Waals surface area contributed by atoms with E-state index in [2.05, 4.69) is 0 Å². The summed E-state index contributed by atoms with van der Waals surface area (Å²) in [5, 5.41) is 0.661. The van der Waals surface area contributed by atoms with Gasteiger partial charge >= 0.3 is 6.09 Å². The highest BCUT2D eigenvalue weighted by molar-refractivity contribution is 6.30. The van der Waals surface area contributed by atoms with Crippen molar-refractivity contribution in [3.05, 3.63) is 29.3 Å². The Labute approximate surface area is 87.2 Å². The summed E-state index contributed by atoms with van der Waals surface area (Å²) < 4.78 is 5.01. The molecule has 1 amide bonds. The van der Waals surface area contributed by atoms with Crippen molar-refractivity contribution >= 4 is 23.4 Å². The van der Waals surface area contributed by atoms with Gasteiger partial charge in [0.2, 0.25) is 0 Å². The molecule has 4 heteroatoms. The van der Waals surface area contributed by atoms with Gasteiger partial charge in [0.1, 0.15) is 6.10 Å². The van der Waals surface area contributed by atoms with Crippen molar-refractivity contribution in [3.63, 3.8) is 0 Å². The third-order valence-corrected chi connectivity index (χ3v) is 2.35. The molecule has 0 radical (unpaired) electrons. The third kappa shape index (κ3) is 1.68. The fourth-order valence-corrected chi connectivity index (χ4v) is 1.56. The first-order valence-corrected chi connectivity index (χ1v) is 4.78. The SMILES string of the molecule is C[C@H]1CN(c2ccc(Cl)cc2)C(=O)O1. The van der Waals surface area contributed by atoms with Gasteiger partial charge in [0, 0.05) is 10.7 Å². The molecule has 0 spiro atoms. The fourth-order valence-electron chi connectivity index (χ4n) is 1.44. The Hall–Kier alpha value is -1.22. The number of nitrogens with zero attached hydrogens (tertiary/aromatic N) is 1. The zero-order valence-corrected chi connectivity index (χ0v) is 8.49. The van der Waals surface area contributed by atoms with Crippen LogP contribution in [0, 0.1) is 0 Å². The number of hydrogen-bond donors (Lipinski definition) is 0. The Morgan fingerprint density at radius 2 is 2.07 bits per heavy atom. The minimum absolute atomic E-state index is 0.0434. The lowest BCUT2D eigenvalue weighted by Gasteiger charge is -2.12. The molecule has 0 aromatic heterocycles. The number of rotatable bonds is 1. The quantitative estimate of drug-likeness (QED) is 0.715. The van der Waals surface area contributed by atoms with Crippen molar-refractivity contribution in [2.75, 3.05) is 11.4 Å². The van der Waals surface area contributed by atoms with E-state index < -0.39 is 0 Å². The van der Waals surface area contributed by atoms with E-state index in [-0.39, 0.29) is 12.2 Å². The number of amides is 1. The molecule has 0 saturated carbocycles. The lowest BCUT2D eigenvalue weighted by molar-refractivity contribution is 0.150. The second-order valence-corrected chi connectivity index (χ2v) is 3.72. The average Bonchev–Trinajstić information content (AvgIpc) is 2.47. The van der Waals surface area contributed by atoms with Crippen molar-refractivity contribution in [3.8, 4) is 0 Å². The molecular formula is C10H10ClNO2. The molecule has 2 rings (SSSR count). The molecule has 3 nitrogen and oxygen atoms in total. The number of hydrogen-bond acceptors (Lipinski definition) is 2. The number of halogens is 1. The van der Waals surface area contributed by atoms with E-state index >= 15 is 0 Å². The van der Waals surface area contributed by atoms with Gasteiger partial charge in [-0.2, -0.15) is 0 Å². The van der Waals surface area contributed by atoms with Crippen LogP contribution in [0.1, 0.15) is 6.92 Å². The van der Waals surface area contributed by atoms with Crippen LogP contribution in [0.25, 0.3) is 0 Å². The molecule has 74 valence electrons. The van der Waals surface area contributed by atoms with Gasteiger partial charge in [0.05, 0.1) is 6.54 Å². The highest BCUT2D eigenvalue weighted by Gasteiger charge is 2.28. The Kier molecular flexibility index (Phi) is 2.33. The Morgan fingerprint density at radius 1 is 1.43 bits per heavy atom. The minimum Gasteiger partial charge on any atom is -0.444 e. The maximum absolute atomic E-state index is 11.3. The summed E-state index contributed by atoms with van der Waals surface area (Å²) in [7, 11) is 0. The summed E-state index contributed by atoms with van der Waals surface area (Å²) in [6.07, 6.45) is -0.335. The van der Waals surface area contributed by atoms with Gasteiger partial charge < -0.3 is 4.74 Å². The average molecular weight is 212 g/mol. The maximum atomic E-state index is 11.3. The summed E-state index contributed by atoms with van der Waals surface area (Å²) >= 11 is 5.75. The van der Waals surface area contributed by atoms with Crippen LogP contribution in [0.15, 0.2) is 24.3 Å². The lowest BCUT2D eigenvalue weighted by atomic mass is 10.3. The molecule has 1 aromatic rings. The molecule has 1 aliphatic rings. The summed E-state index contributed by atoms with van der Waals surface area (Å²) in [4.78, 5) is 12.9. The molecular weight excluding hydrogens is 202 g/mol. The van der Waals surface area contributed by atoms with E-state index in [1.807, 2.05) is 19.1 Å². The van der Waals surface area contributed by atoms with Crippen LogP contribution in [-0.4, -0.2) is 18.7 Å². The molecule has 1 saturated heterocycles. The van der Waals surface area contributed by atoms with Gasteiger partial charge in [0.25, 0.3) is 0 Å². The first-order chi connectivity index (χ1) is 6.66. The summed E-state index contributed by atoms with van der Waals surface area (Å²) in [5.74, 6) is 0. The van der Waals surface area contributed by atoms with Crippen LogP contribution in [0.4, 0.5) is 10.5 Å². The Balaban J connectivity index is 2.23. The number of anilines is 1. The molecule has 1 heterocycles. The van der Waals surface area contributed by atoms with Gasteiger partial charge in [-0.25, -0.2) is 4.79 Å². The van der Waals surface area contributed by atoms with Gasteiger partial charge in [-0.05, 0) is 31.2 Å². The standard InChI is InChI=1S/C10H10ClNO2/c1-7-6-12(10(13)14-7)9-4-2-8(11)3-5-9/h2-5,7H,6H2,1H3/t7-/m0/s1. The monoisotopic (exact) mass is 211 g/mol. The van der Waals surface area contributed by atoms with Crippen molar-refractivity contribution in [2.45, 2.75) is 13.0 Å². The van der Waals surface area contributed by atoms with E-state index in [1.54, 1.807) is 17.0 Å². The maximum Gasteiger partial charge on any atom is 0.414 e. The smallest absolute Gasteiger partial charge is 0.414 e. The van der Waals surface area contributed by atoms with Crippen LogP contribution in [-0.2, 0) is 4.74 Å². The minimum atomic E-state index is -0.292. The highest BCUT2D eigenvalue weighted by atomic mass is 35.5. The molecule has 0 N–H and O–H groups in total. The van der Waals surface area contributed by atoms with Crippen molar-refractivity contribution in [1.29, 1.82) is 0 Å². The number of cyclic esters (lactones) is 1. The Morgan fingerprint density at radius 3 is 2.57 bits per heavy atom. The summed E-state index contributed by atoms with van der Waals surface area (Å²) in [5.41, 5.74) is 0.823. The zero-order chi connectivity index (χ0) is 10.1. The lowest BCUT2D eigenvalue weighted by Crippen LogP contribution is -2.23. The first kappa shape index (κ1) is 9.34. The van der Waals surface area contributed by atoms with E-state index in [0.717, 1.165) is 5.69 Å². The number of carbonyl (C=O) groups is 1. The normalized spacial score (nSPS) is 21.1. The topological polar surface area (TPSA) is 29.5 Å². The highest BCUT2D eigenvalue weighted by Crippen LogP contribution is 2.22. The molecule has 0 unspecified atom stereocenters. The van der Waals surface area contributed by atoms with Crippen molar-refractivity contribution < 1.29 is 9.53 Å². The summed E-state index contributed by atoms with van der Waals surface area (Å²) in [6.45, 7) is 2.47. The zero-order valence-electron chi connectivity index (χ0n) is 7.74. The van der Waals surface area contributed by atoms with Crippen molar-refractivity contribution in [1.82, 2.24) is 0 Å². The van der Waals surface area contributed by atoms with E-state index in [9.17, 15) is 4.79 Å². The molecule has 1 atom stereocenters. The molecule has 1 aromatic carbocycles. The third-order valence-electron chi connectivity index (χ3n) is 2.10. The first-order valence-electron chi connectivity index (χ1n) is 4.40. The van der Waals surface area contributed by atoms with Gasteiger partial charge in [-0.1, -0.05) is 11.6 Å². The van der Waals surface area contributed by atoms with Crippen LogP contribution >= 0.6 is 11.6 Å². The van der Waals surface area contributed by atoms with Gasteiger partial charge in [-0.15, -0.1) is 0 Å². The van der Waals surface area contributed by atoms with Gasteiger partial charge in [-0.3, -0.25) is 4.90 Å². The number of carbonyl (C=O) groups excluding carboxylic acids is 1. The van der Waals surface area contributed by atoms with Crippen LogP contribution in [0.2, 0.25) is 5.02 Å². The van der Waals surface area contributed by atoms with E-state index in [0.29, 0.717) is 11.6 Å². The van der Waals surface area contributed by atoms with Crippen LogP contribution < -0.4 is 4.90 Å². The predicted molar refractivity (Wildman–Crippen MR) is 54.7 cm³/mol. The predicted octanol–water partition coefficient (Wildman–Crippen LogP) is 2.69. The molecule has 1 aliphatic heterocycles. The second kappa shape index (κ2) is 3.50. The number of ether oxygens (including phenoxy) is 1. The van der Waals surface area contributed by atoms with Crippen molar-refractivity contribution in [2.24, 2.45) is 0 Å². The van der Waals surface area contributed by atoms with Gasteiger partial charge in [0.15, 0.2) is 0 Å². The van der Waals surface area contributed by atoms with E-state index in [4.69, 9.17) is 16.3 Å². The Bertz CT molecular complexity index is 350. The number of benzene rings is 1. The second-order valence-electron chi connectivity index (χ2n) is 3.28. The van der Waals surface area contributed by atoms with E-state index in [1.165, 1.54) is 0 Å². The molecule has 0 aliphatic carbocycles. The van der Waals surface area contributed by atoms with Crippen LogP contribution in [0.3, 0.4) is 0 Å². The summed E-state index contributed by atoms with van der Waals surface area (Å²) in [6, 6.07) is 7.13. The molecule has 0 bridgehead atoms. The molecule has 14 heavy (non-hydrogen) atoms. The van der Waals surface area contributed by atoms with Crippen LogP contribution in [0.5, 0.6) is 0 Å². The molecule has 1 fully saturated rings. The largest absolute Gasteiger partial charge is 0.444 e. The fraction of sp³-hybridized carbons (Fsp3) is 0.300.